The first-order valence-corrected chi connectivity index (χ1v) is 35.5. The van der Waals surface area contributed by atoms with E-state index in [1.807, 2.05) is 135 Å². The number of aryl methyl sites for hydroxylation is 3. The number of hydrogen-bond donors (Lipinski definition) is 3. The molecule has 0 saturated carbocycles. The number of aromatic nitrogens is 17. The molecule has 25 heteroatoms. The van der Waals surface area contributed by atoms with Crippen LogP contribution in [-0.2, 0) is 30.7 Å². The minimum atomic E-state index is -0.470. The van der Waals surface area contributed by atoms with E-state index in [4.69, 9.17) is 42.0 Å². The van der Waals surface area contributed by atoms with Crippen molar-refractivity contribution < 1.29 is 18.7 Å². The van der Waals surface area contributed by atoms with Crippen molar-refractivity contribution in [1.29, 1.82) is 0 Å². The number of rotatable bonds is 14. The summed E-state index contributed by atoms with van der Waals surface area (Å²) in [5, 5.41) is 23.7. The second-order valence-corrected chi connectivity index (χ2v) is 26.0. The molecule has 0 unspecified atom stereocenters. The van der Waals surface area contributed by atoms with Crippen LogP contribution in [0.1, 0.15) is 40.3 Å². The Morgan fingerprint density at radius 2 is 1.25 bits per heavy atom. The molecule has 0 spiro atoms. The van der Waals surface area contributed by atoms with E-state index < -0.39 is 11.7 Å². The number of amides is 1. The number of halogens is 2. The summed E-state index contributed by atoms with van der Waals surface area (Å²) in [7, 11) is 0. The Balaban J connectivity index is 0.000000110. The van der Waals surface area contributed by atoms with Gasteiger partial charge < -0.3 is 20.5 Å². The molecule has 23 nitrogen and oxygen atoms in total. The number of anilines is 2. The average molecular weight is 1440 g/mol. The fourth-order valence-electron chi connectivity index (χ4n) is 13.7. The van der Waals surface area contributed by atoms with Gasteiger partial charge in [-0.05, 0) is 171 Å². The van der Waals surface area contributed by atoms with Crippen LogP contribution in [0, 0.1) is 12.7 Å². The fraction of sp³-hybridized carbons (Fsp3) is 0.159. The Morgan fingerprint density at radius 1 is 0.579 bits per heavy atom. The van der Waals surface area contributed by atoms with Gasteiger partial charge in [-0.15, -0.1) is 0 Å². The number of pyridine rings is 7. The highest BCUT2D eigenvalue weighted by Gasteiger charge is 2.28. The van der Waals surface area contributed by atoms with E-state index in [9.17, 15) is 9.18 Å². The lowest BCUT2D eigenvalue weighted by Gasteiger charge is -2.26. The quantitative estimate of drug-likeness (QED) is 0.0912. The maximum atomic E-state index is 14.2. The summed E-state index contributed by atoms with van der Waals surface area (Å²) in [5.74, 6) is 0.522. The molecule has 528 valence electrons. The standard InChI is InChI=1S/C26H27N5O2.C22H19N5O.C17H10ClFN6.C17H12N4/c1-2-9-27-22(4-1)26-25(24-5-3-11-31(24)29-26)21-8-10-28-23-18-19(6-7-20(21)23)33-17-14-30-12-15-32-16-13-30;1-13-4-2-5-18(25-13)21-20(19-6-3-11-27(19)26-21)15-9-10-24-17-8-7-14(22(23)28)12-16(15)17;18-10-1-2-13(19)12(9-10)15-24-16-14(21-7-8-22-16)17(25-15)23-11-3-5-20-6-4-11;1-2-6-15-13(5-1)12(8-10-19-15)14-11-20-21-17(14)16-7-3-4-9-18-16/h1-2,4,6-10,18H,3,5,11-17H2;2,4-5,7-10,12H,3,6,11H2,1H3,(H2,23,28);1-9H,(H,20,22,23,24,25);1-11H,(H,20,21). The molecule has 1 fully saturated rings. The number of nitrogens with two attached hydrogens (primary N) is 1. The molecule has 12 aromatic heterocycles. The number of benzene rings is 4. The van der Waals surface area contributed by atoms with Crippen LogP contribution < -0.4 is 15.8 Å². The molecule has 4 aromatic carbocycles. The maximum Gasteiger partial charge on any atom is 0.248 e. The number of primary amides is 1. The zero-order valence-corrected chi connectivity index (χ0v) is 58.8. The zero-order valence-electron chi connectivity index (χ0n) is 58.0. The molecule has 1 saturated heterocycles. The van der Waals surface area contributed by atoms with Crippen molar-refractivity contribution in [2.75, 3.05) is 44.8 Å². The van der Waals surface area contributed by atoms with E-state index in [1.54, 1.807) is 49.2 Å². The van der Waals surface area contributed by atoms with E-state index in [-0.39, 0.29) is 11.4 Å². The van der Waals surface area contributed by atoms with Crippen LogP contribution in [0.2, 0.25) is 5.02 Å². The van der Waals surface area contributed by atoms with Gasteiger partial charge >= 0.3 is 0 Å². The molecular formula is C82H68ClFN20O3. The summed E-state index contributed by atoms with van der Waals surface area (Å²) in [4.78, 5) is 62.5. The minimum absolute atomic E-state index is 0.171. The van der Waals surface area contributed by atoms with Gasteiger partial charge in [-0.1, -0.05) is 48.0 Å². The SMILES string of the molecule is Cc1cccc(-c2nn3c(c2-c2ccnc4ccc(C(N)=O)cc24)CCC3)n1.Fc1ccc(Cl)cc1-c1nc(Nc2ccncc2)c2nccnc2n1.c1ccc(-c2[nH]ncc2-c2ccnc3ccccc23)nc1.c1ccc(-c2nn3c(c2-c2ccnc4cc(OCCN5CCOCC5)ccc24)CCC3)nc1. The van der Waals surface area contributed by atoms with E-state index in [2.05, 4.69) is 104 Å². The van der Waals surface area contributed by atoms with Crippen LogP contribution in [0.3, 0.4) is 0 Å². The maximum absolute atomic E-state index is 14.2. The molecule has 0 bridgehead atoms. The molecule has 0 aliphatic carbocycles. The van der Waals surface area contributed by atoms with Crippen LogP contribution in [0.25, 0.3) is 123 Å². The Labute approximate surface area is 617 Å². The predicted molar refractivity (Wildman–Crippen MR) is 411 cm³/mol. The van der Waals surface area contributed by atoms with Crippen LogP contribution in [0.4, 0.5) is 15.9 Å². The summed E-state index contributed by atoms with van der Waals surface area (Å²) in [5.41, 5.74) is 25.9. The second kappa shape index (κ2) is 31.1. The van der Waals surface area contributed by atoms with Gasteiger partial charge in [0.25, 0.3) is 0 Å². The first-order valence-electron chi connectivity index (χ1n) is 35.1. The minimum Gasteiger partial charge on any atom is -0.492 e. The van der Waals surface area contributed by atoms with Gasteiger partial charge in [0.15, 0.2) is 22.8 Å². The lowest BCUT2D eigenvalue weighted by atomic mass is 9.95. The Morgan fingerprint density at radius 3 is 1.99 bits per heavy atom. The average Bonchev–Trinajstić information content (AvgIpc) is 1.60. The van der Waals surface area contributed by atoms with Gasteiger partial charge in [0.2, 0.25) is 5.91 Å². The summed E-state index contributed by atoms with van der Waals surface area (Å²) < 4.78 is 29.9. The summed E-state index contributed by atoms with van der Waals surface area (Å²) >= 11 is 5.98. The van der Waals surface area contributed by atoms with Crippen LogP contribution in [0.15, 0.2) is 226 Å². The molecule has 15 heterocycles. The smallest absolute Gasteiger partial charge is 0.248 e. The number of aromatic amines is 1. The number of carbonyl (C=O) groups excluding carboxylic acids is 1. The number of nitrogens with one attached hydrogen (secondary N) is 2. The van der Waals surface area contributed by atoms with Gasteiger partial charge in [-0.25, -0.2) is 24.3 Å². The highest BCUT2D eigenvalue weighted by atomic mass is 35.5. The molecule has 0 atom stereocenters. The third kappa shape index (κ3) is 14.8. The fourth-order valence-corrected chi connectivity index (χ4v) is 13.8. The topological polar surface area (TPSA) is 283 Å². The van der Waals surface area contributed by atoms with Gasteiger partial charge in [0.05, 0.1) is 64.3 Å². The molecule has 3 aliphatic rings. The molecule has 3 aliphatic heterocycles. The summed E-state index contributed by atoms with van der Waals surface area (Å²) in [6.45, 7) is 8.97. The Bertz CT molecular complexity index is 5890. The van der Waals surface area contributed by atoms with Gasteiger partial charge in [0.1, 0.15) is 29.6 Å². The highest BCUT2D eigenvalue weighted by molar-refractivity contribution is 6.30. The number of ether oxygens (including phenoxy) is 2. The number of para-hydroxylation sites is 1. The molecule has 16 aromatic rings. The van der Waals surface area contributed by atoms with Crippen LogP contribution in [-0.4, -0.2) is 135 Å². The van der Waals surface area contributed by atoms with Crippen molar-refractivity contribution in [3.8, 4) is 84.7 Å². The van der Waals surface area contributed by atoms with Crippen LogP contribution in [0.5, 0.6) is 5.75 Å². The van der Waals surface area contributed by atoms with Gasteiger partial charge in [-0.2, -0.15) is 15.3 Å². The number of carbonyl (C=O) groups is 1. The second-order valence-electron chi connectivity index (χ2n) is 25.5. The lowest BCUT2D eigenvalue weighted by molar-refractivity contribution is 0.0322. The van der Waals surface area contributed by atoms with Crippen molar-refractivity contribution in [3.63, 3.8) is 0 Å². The molecule has 4 N–H and O–H groups in total. The number of hydrogen-bond acceptors (Lipinski definition) is 19. The van der Waals surface area contributed by atoms with Gasteiger partial charge in [0, 0.05) is 161 Å². The zero-order chi connectivity index (χ0) is 72.6. The number of nitrogens with zero attached hydrogens (tertiary/aromatic N) is 17. The number of fused-ring (bicyclic) bond motifs is 6. The summed E-state index contributed by atoms with van der Waals surface area (Å²) in [6.07, 6.45) is 21.5. The first kappa shape index (κ1) is 68.4. The molecule has 19 rings (SSSR count). The lowest BCUT2D eigenvalue weighted by Crippen LogP contribution is -2.38. The van der Waals surface area contributed by atoms with Crippen molar-refractivity contribution >= 4 is 72.9 Å². The monoisotopic (exact) mass is 1430 g/mol. The molecule has 107 heavy (non-hydrogen) atoms. The molecular weight excluding hydrogens is 1370 g/mol. The van der Waals surface area contributed by atoms with Crippen molar-refractivity contribution in [2.45, 2.75) is 45.7 Å². The highest BCUT2D eigenvalue weighted by Crippen LogP contribution is 2.43. The predicted octanol–water partition coefficient (Wildman–Crippen LogP) is 15.0. The molecule has 0 radical (unpaired) electrons. The Kier molecular flexibility index (Phi) is 19.9. The van der Waals surface area contributed by atoms with E-state index in [0.29, 0.717) is 34.2 Å². The summed E-state index contributed by atoms with van der Waals surface area (Å²) in [6, 6.07) is 51.4. The van der Waals surface area contributed by atoms with Crippen LogP contribution >= 0.6 is 11.6 Å². The van der Waals surface area contributed by atoms with E-state index >= 15 is 0 Å². The Hall–Kier alpha value is -13.0. The van der Waals surface area contributed by atoms with Gasteiger partial charge in [-0.3, -0.25) is 59.0 Å². The van der Waals surface area contributed by atoms with E-state index in [0.717, 1.165) is 183 Å². The molecule has 1 amide bonds. The largest absolute Gasteiger partial charge is 0.492 e. The number of morpholine rings is 1. The van der Waals surface area contributed by atoms with Crippen molar-refractivity contribution in [3.05, 3.63) is 259 Å². The van der Waals surface area contributed by atoms with Crippen molar-refractivity contribution in [1.82, 2.24) is 89.5 Å². The first-order chi connectivity index (χ1) is 52.6. The van der Waals surface area contributed by atoms with E-state index in [1.165, 1.54) is 41.3 Å². The normalized spacial score (nSPS) is 13.1. The third-order valence-corrected chi connectivity index (χ3v) is 19.0. The third-order valence-electron chi connectivity index (χ3n) is 18.7. The number of H-pyrrole nitrogens is 1. The van der Waals surface area contributed by atoms with Crippen molar-refractivity contribution in [2.24, 2.45) is 5.73 Å².